The molecule has 0 aromatic heterocycles. The minimum Gasteiger partial charge on any atom is -0.480 e. The molecular formula is C10H15N3O6. The number of ether oxygens (including phenoxy) is 1. The van der Waals surface area contributed by atoms with Gasteiger partial charge in [0, 0.05) is 19.0 Å². The van der Waals surface area contributed by atoms with Gasteiger partial charge in [0.1, 0.15) is 13.2 Å². The molecule has 0 aromatic rings. The average Bonchev–Trinajstić information content (AvgIpc) is 2.31. The maximum atomic E-state index is 11.4. The van der Waals surface area contributed by atoms with Crippen LogP contribution < -0.4 is 16.0 Å². The Bertz CT molecular complexity index is 373. The van der Waals surface area contributed by atoms with E-state index in [2.05, 4.69) is 15.4 Å². The van der Waals surface area contributed by atoms with Gasteiger partial charge in [-0.05, 0) is 6.42 Å². The van der Waals surface area contributed by atoms with Crippen LogP contribution in [0.15, 0.2) is 0 Å². The maximum Gasteiger partial charge on any atom is 0.329 e. The van der Waals surface area contributed by atoms with Crippen LogP contribution >= 0.6 is 0 Å². The van der Waals surface area contributed by atoms with Crippen molar-refractivity contribution in [3.8, 4) is 0 Å². The maximum absolute atomic E-state index is 11.4. The number of carbonyl (C=O) groups excluding carboxylic acids is 3. The molecule has 0 radical (unpaired) electrons. The summed E-state index contributed by atoms with van der Waals surface area (Å²) in [5, 5.41) is 15.4. The predicted molar refractivity (Wildman–Crippen MR) is 61.2 cm³/mol. The molecule has 1 unspecified atom stereocenters. The summed E-state index contributed by atoms with van der Waals surface area (Å²) in [6.45, 7) is -0.805. The van der Waals surface area contributed by atoms with Crippen molar-refractivity contribution in [2.24, 2.45) is 0 Å². The van der Waals surface area contributed by atoms with Crippen LogP contribution in [-0.4, -0.2) is 54.7 Å². The molecule has 0 bridgehead atoms. The Morgan fingerprint density at radius 1 is 1.37 bits per heavy atom. The lowest BCUT2D eigenvalue weighted by Crippen LogP contribution is -2.52. The monoisotopic (exact) mass is 273 g/mol. The summed E-state index contributed by atoms with van der Waals surface area (Å²) in [5.74, 6) is -2.01. The molecule has 1 aliphatic rings. The number of piperidine rings is 1. The second kappa shape index (κ2) is 7.31. The Morgan fingerprint density at radius 2 is 2.11 bits per heavy atom. The summed E-state index contributed by atoms with van der Waals surface area (Å²) in [5.41, 5.74) is 0. The molecule has 1 fully saturated rings. The van der Waals surface area contributed by atoms with Crippen LogP contribution in [0.3, 0.4) is 0 Å². The number of carboxylic acid groups (broad SMARTS) is 1. The van der Waals surface area contributed by atoms with E-state index in [-0.39, 0.29) is 11.9 Å². The van der Waals surface area contributed by atoms with Crippen LogP contribution in [0.25, 0.3) is 0 Å². The normalized spacial score (nSPS) is 18.3. The molecule has 0 aromatic carbocycles. The van der Waals surface area contributed by atoms with Crippen LogP contribution in [0.5, 0.6) is 0 Å². The number of carboxylic acids is 1. The van der Waals surface area contributed by atoms with Crippen LogP contribution in [0.1, 0.15) is 12.8 Å². The molecule has 106 valence electrons. The Labute approximate surface area is 108 Å². The highest BCUT2D eigenvalue weighted by molar-refractivity contribution is 5.95. The second-order valence-corrected chi connectivity index (χ2v) is 3.95. The molecule has 1 aliphatic heterocycles. The standard InChI is InChI=1S/C10H15N3O6/c14-7-2-1-6(3-11-7)12-10(18)13-8(15)4-19-5-9(16)17/h6H,1-5H2,(H,11,14)(H,16,17)(H2,12,13,15,18). The largest absolute Gasteiger partial charge is 0.480 e. The lowest BCUT2D eigenvalue weighted by molar-refractivity contribution is -0.143. The van der Waals surface area contributed by atoms with Crippen molar-refractivity contribution in [3.05, 3.63) is 0 Å². The molecule has 9 heteroatoms. The first-order chi connectivity index (χ1) is 8.97. The topological polar surface area (TPSA) is 134 Å². The first-order valence-corrected chi connectivity index (χ1v) is 5.64. The zero-order valence-corrected chi connectivity index (χ0v) is 10.1. The van der Waals surface area contributed by atoms with Gasteiger partial charge in [0.2, 0.25) is 5.91 Å². The summed E-state index contributed by atoms with van der Waals surface area (Å²) in [7, 11) is 0. The Hall–Kier alpha value is -2.16. The van der Waals surface area contributed by atoms with Crippen molar-refractivity contribution in [1.82, 2.24) is 16.0 Å². The molecule has 0 aliphatic carbocycles. The minimum atomic E-state index is -1.20. The van der Waals surface area contributed by atoms with E-state index in [1.807, 2.05) is 5.32 Å². The van der Waals surface area contributed by atoms with Gasteiger partial charge in [0.25, 0.3) is 5.91 Å². The molecule has 9 nitrogen and oxygen atoms in total. The van der Waals surface area contributed by atoms with Crippen molar-refractivity contribution in [2.45, 2.75) is 18.9 Å². The van der Waals surface area contributed by atoms with Crippen molar-refractivity contribution < 1.29 is 29.0 Å². The van der Waals surface area contributed by atoms with E-state index in [0.717, 1.165) is 0 Å². The highest BCUT2D eigenvalue weighted by Gasteiger charge is 2.20. The zero-order valence-electron chi connectivity index (χ0n) is 10.1. The van der Waals surface area contributed by atoms with Gasteiger partial charge in [-0.15, -0.1) is 0 Å². The van der Waals surface area contributed by atoms with E-state index in [4.69, 9.17) is 5.11 Å². The van der Waals surface area contributed by atoms with Gasteiger partial charge < -0.3 is 20.5 Å². The molecule has 1 atom stereocenters. The van der Waals surface area contributed by atoms with E-state index in [1.165, 1.54) is 0 Å². The van der Waals surface area contributed by atoms with Gasteiger partial charge in [-0.1, -0.05) is 0 Å². The van der Waals surface area contributed by atoms with Crippen LogP contribution in [0.2, 0.25) is 0 Å². The summed E-state index contributed by atoms with van der Waals surface area (Å²) >= 11 is 0. The number of aliphatic carboxylic acids is 1. The first kappa shape index (κ1) is 14.9. The minimum absolute atomic E-state index is 0.0726. The first-order valence-electron chi connectivity index (χ1n) is 5.64. The van der Waals surface area contributed by atoms with E-state index >= 15 is 0 Å². The van der Waals surface area contributed by atoms with Gasteiger partial charge in [0.05, 0.1) is 0 Å². The number of rotatable bonds is 5. The number of carbonyl (C=O) groups is 4. The van der Waals surface area contributed by atoms with Gasteiger partial charge in [-0.2, -0.15) is 0 Å². The molecule has 1 saturated heterocycles. The SMILES string of the molecule is O=C(O)COCC(=O)NC(=O)NC1CCC(=O)NC1. The van der Waals surface area contributed by atoms with E-state index in [1.54, 1.807) is 0 Å². The van der Waals surface area contributed by atoms with E-state index < -0.39 is 31.1 Å². The molecule has 0 spiro atoms. The van der Waals surface area contributed by atoms with Crippen molar-refractivity contribution >= 4 is 23.8 Å². The number of amides is 4. The Morgan fingerprint density at radius 3 is 2.68 bits per heavy atom. The van der Waals surface area contributed by atoms with Crippen LogP contribution in [0, 0.1) is 0 Å². The number of nitrogens with one attached hydrogen (secondary N) is 3. The molecule has 0 saturated carbocycles. The third kappa shape index (κ3) is 6.36. The molecular weight excluding hydrogens is 258 g/mol. The fraction of sp³-hybridized carbons (Fsp3) is 0.600. The average molecular weight is 273 g/mol. The number of hydrogen-bond donors (Lipinski definition) is 4. The summed E-state index contributed by atoms with van der Waals surface area (Å²) in [6.07, 6.45) is 0.823. The van der Waals surface area contributed by atoms with E-state index in [0.29, 0.717) is 19.4 Å². The predicted octanol–water partition coefficient (Wildman–Crippen LogP) is -1.81. The van der Waals surface area contributed by atoms with Crippen molar-refractivity contribution in [2.75, 3.05) is 19.8 Å². The number of hydrogen-bond acceptors (Lipinski definition) is 5. The number of imide groups is 1. The van der Waals surface area contributed by atoms with Gasteiger partial charge in [-0.25, -0.2) is 9.59 Å². The third-order valence-electron chi connectivity index (χ3n) is 2.31. The Kier molecular flexibility index (Phi) is 5.73. The molecule has 4 N–H and O–H groups in total. The van der Waals surface area contributed by atoms with Crippen LogP contribution in [0.4, 0.5) is 4.79 Å². The molecule has 1 rings (SSSR count). The Balaban J connectivity index is 2.17. The fourth-order valence-electron chi connectivity index (χ4n) is 1.47. The lowest BCUT2D eigenvalue weighted by atomic mass is 10.1. The lowest BCUT2D eigenvalue weighted by Gasteiger charge is -2.23. The van der Waals surface area contributed by atoms with Gasteiger partial charge in [-0.3, -0.25) is 14.9 Å². The highest BCUT2D eigenvalue weighted by Crippen LogP contribution is 2.01. The smallest absolute Gasteiger partial charge is 0.329 e. The van der Waals surface area contributed by atoms with Gasteiger partial charge in [0.15, 0.2) is 0 Å². The zero-order chi connectivity index (χ0) is 14.3. The summed E-state index contributed by atoms with van der Waals surface area (Å²) in [6, 6.07) is -0.935. The second-order valence-electron chi connectivity index (χ2n) is 3.95. The van der Waals surface area contributed by atoms with Crippen LogP contribution in [-0.2, 0) is 19.1 Å². The number of urea groups is 1. The molecule has 4 amide bonds. The van der Waals surface area contributed by atoms with Crippen molar-refractivity contribution in [1.29, 1.82) is 0 Å². The molecule has 19 heavy (non-hydrogen) atoms. The quantitative estimate of drug-likeness (QED) is 0.466. The third-order valence-corrected chi connectivity index (χ3v) is 2.31. The summed E-state index contributed by atoms with van der Waals surface area (Å²) < 4.78 is 4.51. The fourth-order valence-corrected chi connectivity index (χ4v) is 1.47. The highest BCUT2D eigenvalue weighted by atomic mass is 16.5. The summed E-state index contributed by atoms with van der Waals surface area (Å²) in [4.78, 5) is 43.6. The molecule has 1 heterocycles. The van der Waals surface area contributed by atoms with Gasteiger partial charge >= 0.3 is 12.0 Å². The van der Waals surface area contributed by atoms with E-state index in [9.17, 15) is 19.2 Å². The van der Waals surface area contributed by atoms with Crippen molar-refractivity contribution in [3.63, 3.8) is 0 Å².